The van der Waals surface area contributed by atoms with Gasteiger partial charge in [0.05, 0.1) is 6.67 Å². The van der Waals surface area contributed by atoms with Crippen LogP contribution in [0.5, 0.6) is 0 Å². The standard InChI is InChI=1S/C13H18N2/c1-2-6-12(7-3-1)15-10-13-8-4-5-9-14(13)11-15/h1-3,6-7,13H,4-5,8-11H2/t13-/m0/s1. The molecule has 1 atom stereocenters. The molecule has 0 amide bonds. The van der Waals surface area contributed by atoms with Crippen LogP contribution in [-0.2, 0) is 0 Å². The van der Waals surface area contributed by atoms with Crippen molar-refractivity contribution in [3.8, 4) is 0 Å². The van der Waals surface area contributed by atoms with Crippen molar-refractivity contribution in [3.63, 3.8) is 0 Å². The summed E-state index contributed by atoms with van der Waals surface area (Å²) < 4.78 is 0. The van der Waals surface area contributed by atoms with Crippen molar-refractivity contribution in [1.29, 1.82) is 0 Å². The third-order valence-electron chi connectivity index (χ3n) is 3.65. The van der Waals surface area contributed by atoms with Crippen LogP contribution < -0.4 is 4.90 Å². The summed E-state index contributed by atoms with van der Waals surface area (Å²) in [5.74, 6) is 0. The summed E-state index contributed by atoms with van der Waals surface area (Å²) in [6.45, 7) is 3.66. The Kier molecular flexibility index (Phi) is 2.37. The third kappa shape index (κ3) is 1.74. The molecule has 2 nitrogen and oxygen atoms in total. The van der Waals surface area contributed by atoms with Gasteiger partial charge in [-0.15, -0.1) is 0 Å². The minimum absolute atomic E-state index is 0.818. The van der Waals surface area contributed by atoms with Gasteiger partial charge in [-0.25, -0.2) is 0 Å². The van der Waals surface area contributed by atoms with E-state index in [1.165, 1.54) is 38.0 Å². The van der Waals surface area contributed by atoms with Crippen LogP contribution in [0.3, 0.4) is 0 Å². The molecule has 0 bridgehead atoms. The molecule has 0 spiro atoms. The molecule has 2 saturated heterocycles. The zero-order valence-electron chi connectivity index (χ0n) is 9.10. The van der Waals surface area contributed by atoms with Gasteiger partial charge in [-0.1, -0.05) is 24.6 Å². The van der Waals surface area contributed by atoms with Gasteiger partial charge in [0.2, 0.25) is 0 Å². The van der Waals surface area contributed by atoms with Crippen LogP contribution in [0.15, 0.2) is 30.3 Å². The first kappa shape index (κ1) is 9.22. The van der Waals surface area contributed by atoms with Gasteiger partial charge < -0.3 is 4.90 Å². The highest BCUT2D eigenvalue weighted by Gasteiger charge is 2.31. The number of hydrogen-bond acceptors (Lipinski definition) is 2. The minimum atomic E-state index is 0.818. The summed E-state index contributed by atoms with van der Waals surface area (Å²) in [6.07, 6.45) is 4.20. The summed E-state index contributed by atoms with van der Waals surface area (Å²) >= 11 is 0. The van der Waals surface area contributed by atoms with E-state index in [1.807, 2.05) is 0 Å². The van der Waals surface area contributed by atoms with Crippen LogP contribution >= 0.6 is 0 Å². The van der Waals surface area contributed by atoms with Gasteiger partial charge in [0.25, 0.3) is 0 Å². The predicted molar refractivity (Wildman–Crippen MR) is 63.0 cm³/mol. The lowest BCUT2D eigenvalue weighted by atomic mass is 10.0. The second-order valence-electron chi connectivity index (χ2n) is 4.66. The first-order valence-electron chi connectivity index (χ1n) is 5.97. The molecular formula is C13H18N2. The van der Waals surface area contributed by atoms with E-state index in [2.05, 4.69) is 40.1 Å². The van der Waals surface area contributed by atoms with E-state index in [9.17, 15) is 0 Å². The highest BCUT2D eigenvalue weighted by Crippen LogP contribution is 2.27. The molecule has 0 aliphatic carbocycles. The first-order chi connectivity index (χ1) is 7.43. The molecule has 80 valence electrons. The Hall–Kier alpha value is -1.02. The van der Waals surface area contributed by atoms with E-state index in [0.29, 0.717) is 0 Å². The van der Waals surface area contributed by atoms with Crippen LogP contribution in [0.4, 0.5) is 5.69 Å². The fraction of sp³-hybridized carbons (Fsp3) is 0.538. The fourth-order valence-electron chi connectivity index (χ4n) is 2.81. The van der Waals surface area contributed by atoms with Crippen molar-refractivity contribution in [3.05, 3.63) is 30.3 Å². The molecule has 2 fully saturated rings. The summed E-state index contributed by atoms with van der Waals surface area (Å²) in [7, 11) is 0. The Morgan fingerprint density at radius 3 is 2.73 bits per heavy atom. The summed E-state index contributed by atoms with van der Waals surface area (Å²) in [5, 5.41) is 0. The molecule has 2 heteroatoms. The van der Waals surface area contributed by atoms with Crippen molar-refractivity contribution in [2.45, 2.75) is 25.3 Å². The summed E-state index contributed by atoms with van der Waals surface area (Å²) in [4.78, 5) is 5.15. The van der Waals surface area contributed by atoms with E-state index in [1.54, 1.807) is 0 Å². The summed E-state index contributed by atoms with van der Waals surface area (Å²) in [5.41, 5.74) is 1.38. The van der Waals surface area contributed by atoms with E-state index < -0.39 is 0 Å². The number of hydrogen-bond donors (Lipinski definition) is 0. The predicted octanol–water partition coefficient (Wildman–Crippen LogP) is 2.32. The summed E-state index contributed by atoms with van der Waals surface area (Å²) in [6, 6.07) is 11.6. The Morgan fingerprint density at radius 2 is 1.93 bits per heavy atom. The number of fused-ring (bicyclic) bond motifs is 1. The maximum Gasteiger partial charge on any atom is 0.0710 e. The normalized spacial score (nSPS) is 26.7. The number of benzene rings is 1. The Labute approximate surface area is 91.5 Å². The quantitative estimate of drug-likeness (QED) is 0.689. The Bertz CT molecular complexity index is 309. The van der Waals surface area contributed by atoms with E-state index >= 15 is 0 Å². The molecule has 2 aliphatic heterocycles. The lowest BCUT2D eigenvalue weighted by Crippen LogP contribution is -2.35. The van der Waals surface area contributed by atoms with Gasteiger partial charge in [-0.05, 0) is 25.0 Å². The monoisotopic (exact) mass is 202 g/mol. The number of para-hydroxylation sites is 1. The van der Waals surface area contributed by atoms with Crippen molar-refractivity contribution in [2.75, 3.05) is 24.7 Å². The van der Waals surface area contributed by atoms with Crippen molar-refractivity contribution < 1.29 is 0 Å². The van der Waals surface area contributed by atoms with Gasteiger partial charge in [-0.2, -0.15) is 0 Å². The number of nitrogens with zero attached hydrogens (tertiary/aromatic N) is 2. The van der Waals surface area contributed by atoms with Crippen molar-refractivity contribution >= 4 is 5.69 Å². The van der Waals surface area contributed by atoms with Gasteiger partial charge in [0.1, 0.15) is 0 Å². The maximum absolute atomic E-state index is 2.64. The molecule has 0 aromatic heterocycles. The Balaban J connectivity index is 1.75. The van der Waals surface area contributed by atoms with Crippen LogP contribution in [0.1, 0.15) is 19.3 Å². The largest absolute Gasteiger partial charge is 0.357 e. The topological polar surface area (TPSA) is 6.48 Å². The molecule has 2 aliphatic rings. The van der Waals surface area contributed by atoms with Crippen molar-refractivity contribution in [2.24, 2.45) is 0 Å². The van der Waals surface area contributed by atoms with Gasteiger partial charge in [-0.3, -0.25) is 4.90 Å². The van der Waals surface area contributed by atoms with E-state index in [-0.39, 0.29) is 0 Å². The number of rotatable bonds is 1. The van der Waals surface area contributed by atoms with E-state index in [4.69, 9.17) is 0 Å². The van der Waals surface area contributed by atoms with Crippen LogP contribution in [0.25, 0.3) is 0 Å². The molecule has 0 unspecified atom stereocenters. The first-order valence-corrected chi connectivity index (χ1v) is 5.97. The highest BCUT2D eigenvalue weighted by molar-refractivity contribution is 5.47. The third-order valence-corrected chi connectivity index (χ3v) is 3.65. The molecule has 0 N–H and O–H groups in total. The van der Waals surface area contributed by atoms with Crippen LogP contribution in [0.2, 0.25) is 0 Å². The molecule has 15 heavy (non-hydrogen) atoms. The SMILES string of the molecule is c1ccc(N2C[C@@H]3CCCCN3C2)cc1. The zero-order valence-corrected chi connectivity index (χ0v) is 9.10. The average Bonchev–Trinajstić information content (AvgIpc) is 2.74. The van der Waals surface area contributed by atoms with Gasteiger partial charge in [0.15, 0.2) is 0 Å². The second-order valence-corrected chi connectivity index (χ2v) is 4.66. The molecular weight excluding hydrogens is 184 g/mol. The molecule has 0 radical (unpaired) electrons. The molecule has 0 saturated carbocycles. The fourth-order valence-corrected chi connectivity index (χ4v) is 2.81. The van der Waals surface area contributed by atoms with Crippen LogP contribution in [0, 0.1) is 0 Å². The minimum Gasteiger partial charge on any atom is -0.357 e. The molecule has 1 aromatic rings. The van der Waals surface area contributed by atoms with Gasteiger partial charge >= 0.3 is 0 Å². The van der Waals surface area contributed by atoms with Crippen LogP contribution in [-0.4, -0.2) is 30.7 Å². The lowest BCUT2D eigenvalue weighted by Gasteiger charge is -2.27. The Morgan fingerprint density at radius 1 is 1.07 bits per heavy atom. The number of piperidine rings is 1. The van der Waals surface area contributed by atoms with E-state index in [0.717, 1.165) is 12.7 Å². The lowest BCUT2D eigenvalue weighted by molar-refractivity contribution is 0.204. The maximum atomic E-state index is 2.64. The van der Waals surface area contributed by atoms with Crippen molar-refractivity contribution in [1.82, 2.24) is 4.90 Å². The zero-order chi connectivity index (χ0) is 10.1. The van der Waals surface area contributed by atoms with Gasteiger partial charge in [0, 0.05) is 24.8 Å². The highest BCUT2D eigenvalue weighted by atomic mass is 15.4. The molecule has 1 aromatic carbocycles. The second kappa shape index (κ2) is 3.86. The molecule has 2 heterocycles. The number of anilines is 1. The molecule has 3 rings (SSSR count). The smallest absolute Gasteiger partial charge is 0.0710 e. The average molecular weight is 202 g/mol.